The van der Waals surface area contributed by atoms with Gasteiger partial charge in [0.15, 0.2) is 11.6 Å². The first-order valence-corrected chi connectivity index (χ1v) is 13.5. The van der Waals surface area contributed by atoms with Gasteiger partial charge in [0.05, 0.1) is 6.54 Å². The van der Waals surface area contributed by atoms with Gasteiger partial charge in [-0.1, -0.05) is 36.4 Å². The Hall–Kier alpha value is -5.37. The fourth-order valence-corrected chi connectivity index (χ4v) is 4.18. The van der Waals surface area contributed by atoms with Crippen molar-refractivity contribution in [3.05, 3.63) is 114 Å². The van der Waals surface area contributed by atoms with Gasteiger partial charge >= 0.3 is 12.7 Å². The number of benzene rings is 4. The van der Waals surface area contributed by atoms with Crippen molar-refractivity contribution in [1.82, 2.24) is 15.0 Å². The van der Waals surface area contributed by atoms with Gasteiger partial charge in [-0.3, -0.25) is 0 Å². The summed E-state index contributed by atoms with van der Waals surface area (Å²) in [6.45, 7) is 0.292. The molecule has 1 heterocycles. The number of alkyl halides is 6. The first-order valence-electron chi connectivity index (χ1n) is 13.5. The summed E-state index contributed by atoms with van der Waals surface area (Å²) >= 11 is 0. The third kappa shape index (κ3) is 9.32. The van der Waals surface area contributed by atoms with Gasteiger partial charge in [-0.15, -0.1) is 26.3 Å². The summed E-state index contributed by atoms with van der Waals surface area (Å²) in [5, 5.41) is 0. The van der Waals surface area contributed by atoms with E-state index in [1.165, 1.54) is 24.3 Å². The third-order valence-corrected chi connectivity index (χ3v) is 6.16. The monoisotopic (exact) mass is 642 g/mol. The summed E-state index contributed by atoms with van der Waals surface area (Å²) < 4.78 is 93.6. The van der Waals surface area contributed by atoms with Crippen LogP contribution in [0.4, 0.5) is 26.3 Å². The normalized spacial score (nSPS) is 11.6. The lowest BCUT2D eigenvalue weighted by molar-refractivity contribution is -0.275. The second-order valence-electron chi connectivity index (χ2n) is 9.62. The number of hydrogen-bond donors (Lipinski definition) is 1. The Balaban J connectivity index is 1.28. The van der Waals surface area contributed by atoms with Crippen LogP contribution in [-0.2, 0) is 19.8 Å². The topological polar surface area (TPSA) is 102 Å². The first-order chi connectivity index (χ1) is 21.9. The predicted molar refractivity (Wildman–Crippen MR) is 154 cm³/mol. The summed E-state index contributed by atoms with van der Waals surface area (Å²) in [5.74, 6) is 1.08. The molecule has 0 aliphatic rings. The average Bonchev–Trinajstić information content (AvgIpc) is 3.03. The van der Waals surface area contributed by atoms with Crippen LogP contribution in [-0.4, -0.2) is 27.7 Å². The highest BCUT2D eigenvalue weighted by Gasteiger charge is 2.31. The molecule has 2 N–H and O–H groups in total. The van der Waals surface area contributed by atoms with Crippen LogP contribution < -0.4 is 24.7 Å². The zero-order valence-electron chi connectivity index (χ0n) is 23.7. The van der Waals surface area contributed by atoms with E-state index in [0.717, 1.165) is 35.4 Å². The van der Waals surface area contributed by atoms with Crippen LogP contribution in [0, 0.1) is 0 Å². The highest BCUT2D eigenvalue weighted by Crippen LogP contribution is 2.28. The maximum atomic E-state index is 12.4. The molecule has 5 rings (SSSR count). The van der Waals surface area contributed by atoms with Crippen molar-refractivity contribution in [3.63, 3.8) is 0 Å². The highest BCUT2D eigenvalue weighted by atomic mass is 19.4. The minimum atomic E-state index is -4.78. The van der Waals surface area contributed by atoms with Crippen LogP contribution in [0.2, 0.25) is 0 Å². The van der Waals surface area contributed by atoms with E-state index < -0.39 is 12.7 Å². The third-order valence-electron chi connectivity index (χ3n) is 6.16. The number of ether oxygens (including phenoxy) is 4. The summed E-state index contributed by atoms with van der Waals surface area (Å²) in [4.78, 5) is 13.6. The highest BCUT2D eigenvalue weighted by molar-refractivity contribution is 5.62. The molecule has 46 heavy (non-hydrogen) atoms. The van der Waals surface area contributed by atoms with Gasteiger partial charge in [-0.2, -0.15) is 0 Å². The van der Waals surface area contributed by atoms with Gasteiger partial charge in [0, 0.05) is 11.1 Å². The Morgan fingerprint density at radius 3 is 1.28 bits per heavy atom. The summed E-state index contributed by atoms with van der Waals surface area (Å²) in [6, 6.07) is 24.6. The molecule has 0 amide bonds. The lowest BCUT2D eigenvalue weighted by atomic mass is 10.1. The number of aromatic nitrogens is 3. The summed E-state index contributed by atoms with van der Waals surface area (Å²) in [6.07, 6.45) is -9.56. The maximum absolute atomic E-state index is 12.4. The molecule has 0 unspecified atom stereocenters. The van der Waals surface area contributed by atoms with E-state index in [1.807, 2.05) is 36.4 Å². The molecule has 8 nitrogen and oxygen atoms in total. The van der Waals surface area contributed by atoms with Gasteiger partial charge in [0.25, 0.3) is 0 Å². The largest absolute Gasteiger partial charge is 0.573 e. The molecular formula is C32H24F6N4O4. The van der Waals surface area contributed by atoms with E-state index in [4.69, 9.17) is 15.2 Å². The Kier molecular flexibility index (Phi) is 9.56. The Morgan fingerprint density at radius 1 is 0.522 bits per heavy atom. The Morgan fingerprint density at radius 2 is 0.913 bits per heavy atom. The van der Waals surface area contributed by atoms with Crippen LogP contribution in [0.15, 0.2) is 97.1 Å². The van der Waals surface area contributed by atoms with Gasteiger partial charge in [-0.25, -0.2) is 15.0 Å². The number of rotatable bonds is 11. The molecule has 0 saturated carbocycles. The second-order valence-corrected chi connectivity index (χ2v) is 9.62. The fraction of sp³-hybridized carbons (Fsp3) is 0.156. The van der Waals surface area contributed by atoms with Crippen molar-refractivity contribution in [2.24, 2.45) is 5.73 Å². The smallest absolute Gasteiger partial charge is 0.489 e. The minimum absolute atomic E-state index is 0.0518. The summed E-state index contributed by atoms with van der Waals surface area (Å²) in [7, 11) is 0. The van der Waals surface area contributed by atoms with Gasteiger partial charge in [-0.05, 0) is 71.8 Å². The average molecular weight is 643 g/mol. The van der Waals surface area contributed by atoms with Crippen LogP contribution in [0.1, 0.15) is 17.0 Å². The molecule has 1 aromatic heterocycles. The van der Waals surface area contributed by atoms with E-state index in [-0.39, 0.29) is 31.3 Å². The van der Waals surface area contributed by atoms with Crippen LogP contribution in [0.5, 0.6) is 23.0 Å². The standard InChI is InChI=1S/C32H24F6N4O4/c33-31(34,35)45-26-11-7-24(8-12-26)43-18-20-3-1-5-22(15-20)29-40-28(17-39)41-30(42-29)23-6-2-4-21(16-23)19-44-25-9-13-27(14-10-25)46-32(36,37)38/h1-16H,17-19,39H2. The minimum Gasteiger partial charge on any atom is -0.489 e. The lowest BCUT2D eigenvalue weighted by Crippen LogP contribution is -2.16. The zero-order valence-corrected chi connectivity index (χ0v) is 23.7. The number of halogens is 6. The first kappa shape index (κ1) is 32.0. The van der Waals surface area contributed by atoms with Crippen molar-refractivity contribution in [2.75, 3.05) is 0 Å². The SMILES string of the molecule is NCc1nc(-c2cccc(COc3ccc(OC(F)(F)F)cc3)c2)nc(-c2cccc(COc3ccc(OC(F)(F)F)cc3)c2)n1. The molecule has 0 spiro atoms. The molecule has 5 aromatic rings. The molecule has 0 radical (unpaired) electrons. The molecular weight excluding hydrogens is 618 g/mol. The van der Waals surface area contributed by atoms with Crippen LogP contribution in [0.3, 0.4) is 0 Å². The Labute approximate surface area is 258 Å². The molecule has 0 aliphatic carbocycles. The molecule has 238 valence electrons. The fourth-order valence-electron chi connectivity index (χ4n) is 4.18. The molecule has 0 fully saturated rings. The van der Waals surface area contributed by atoms with Crippen LogP contribution >= 0.6 is 0 Å². The van der Waals surface area contributed by atoms with E-state index in [2.05, 4.69) is 24.4 Å². The number of nitrogens with zero attached hydrogens (tertiary/aromatic N) is 3. The van der Waals surface area contributed by atoms with Gasteiger partial charge < -0.3 is 24.7 Å². The van der Waals surface area contributed by atoms with Gasteiger partial charge in [0.1, 0.15) is 42.0 Å². The van der Waals surface area contributed by atoms with Crippen molar-refractivity contribution in [2.45, 2.75) is 32.5 Å². The molecule has 0 atom stereocenters. The molecule has 0 aliphatic heterocycles. The lowest BCUT2D eigenvalue weighted by Gasteiger charge is -2.12. The van der Waals surface area contributed by atoms with Crippen LogP contribution in [0.25, 0.3) is 22.8 Å². The van der Waals surface area contributed by atoms with E-state index >= 15 is 0 Å². The van der Waals surface area contributed by atoms with Crippen molar-refractivity contribution >= 4 is 0 Å². The second kappa shape index (κ2) is 13.7. The van der Waals surface area contributed by atoms with Gasteiger partial charge in [0.2, 0.25) is 0 Å². The van der Waals surface area contributed by atoms with E-state index in [9.17, 15) is 26.3 Å². The molecule has 0 saturated heterocycles. The molecule has 14 heteroatoms. The van der Waals surface area contributed by atoms with Crippen molar-refractivity contribution in [1.29, 1.82) is 0 Å². The molecule has 4 aromatic carbocycles. The quantitative estimate of drug-likeness (QED) is 0.147. The van der Waals surface area contributed by atoms with Crippen molar-refractivity contribution in [3.8, 4) is 45.8 Å². The zero-order chi connectivity index (χ0) is 32.7. The molecule has 0 bridgehead atoms. The van der Waals surface area contributed by atoms with E-state index in [0.29, 0.717) is 40.1 Å². The summed E-state index contributed by atoms with van der Waals surface area (Å²) in [5.41, 5.74) is 8.70. The predicted octanol–water partition coefficient (Wildman–Crippen LogP) is 7.62. The number of hydrogen-bond acceptors (Lipinski definition) is 8. The van der Waals surface area contributed by atoms with Crippen molar-refractivity contribution < 1.29 is 45.3 Å². The maximum Gasteiger partial charge on any atom is 0.573 e. The van der Waals surface area contributed by atoms with E-state index in [1.54, 1.807) is 12.1 Å². The Bertz CT molecular complexity index is 1640. The number of nitrogens with two attached hydrogens (primary N) is 1.